The number of carbonyl (C=O) groups excluding carboxylic acids is 1. The van der Waals surface area contributed by atoms with Crippen LogP contribution in [0.3, 0.4) is 0 Å². The smallest absolute Gasteiger partial charge is 0.300 e. The van der Waals surface area contributed by atoms with Crippen molar-refractivity contribution >= 4 is 28.1 Å². The van der Waals surface area contributed by atoms with Crippen LogP contribution in [0.15, 0.2) is 60.7 Å². The van der Waals surface area contributed by atoms with Gasteiger partial charge in [-0.05, 0) is 47.9 Å². The molecule has 0 aliphatic carbocycles. The third kappa shape index (κ3) is 4.19. The van der Waals surface area contributed by atoms with Crippen molar-refractivity contribution in [2.24, 2.45) is 5.92 Å². The van der Waals surface area contributed by atoms with E-state index in [-0.39, 0.29) is 17.3 Å². The van der Waals surface area contributed by atoms with E-state index >= 15 is 0 Å². The summed E-state index contributed by atoms with van der Waals surface area (Å²) >= 11 is 0. The molecular formula is C23H24N2O3. The van der Waals surface area contributed by atoms with Crippen LogP contribution in [0.2, 0.25) is 0 Å². The SMILES string of the molecule is CC(C)Cc1ccc(C(C)C(=O)Nc2ccc3ccccc3c2[N+](=O)[O-])cc1. The van der Waals surface area contributed by atoms with Crippen molar-refractivity contribution in [3.05, 3.63) is 81.9 Å². The van der Waals surface area contributed by atoms with Crippen LogP contribution < -0.4 is 5.32 Å². The lowest BCUT2D eigenvalue weighted by Gasteiger charge is -2.14. The van der Waals surface area contributed by atoms with Crippen LogP contribution in [0.25, 0.3) is 10.8 Å². The first kappa shape index (κ1) is 19.5. The minimum atomic E-state index is -0.441. The van der Waals surface area contributed by atoms with E-state index in [1.165, 1.54) is 5.56 Å². The second kappa shape index (κ2) is 8.21. The molecule has 5 nitrogen and oxygen atoms in total. The first-order chi connectivity index (χ1) is 13.4. The van der Waals surface area contributed by atoms with E-state index in [0.717, 1.165) is 17.4 Å². The van der Waals surface area contributed by atoms with Crippen LogP contribution >= 0.6 is 0 Å². The summed E-state index contributed by atoms with van der Waals surface area (Å²) in [6, 6.07) is 18.5. The van der Waals surface area contributed by atoms with Crippen molar-refractivity contribution in [3.8, 4) is 0 Å². The summed E-state index contributed by atoms with van der Waals surface area (Å²) in [5.74, 6) is -0.116. The summed E-state index contributed by atoms with van der Waals surface area (Å²) in [4.78, 5) is 23.9. The zero-order chi connectivity index (χ0) is 20.3. The van der Waals surface area contributed by atoms with Crippen LogP contribution in [0.5, 0.6) is 0 Å². The molecule has 0 aromatic heterocycles. The minimum absolute atomic E-state index is 0.0778. The number of nitro groups is 1. The van der Waals surface area contributed by atoms with Crippen LogP contribution in [0, 0.1) is 16.0 Å². The summed E-state index contributed by atoms with van der Waals surface area (Å²) in [7, 11) is 0. The number of hydrogen-bond acceptors (Lipinski definition) is 3. The number of carbonyl (C=O) groups is 1. The Bertz CT molecular complexity index is 1010. The molecule has 0 bridgehead atoms. The van der Waals surface area contributed by atoms with Gasteiger partial charge >= 0.3 is 0 Å². The van der Waals surface area contributed by atoms with Crippen LogP contribution in [0.4, 0.5) is 11.4 Å². The lowest BCUT2D eigenvalue weighted by molar-refractivity contribution is -0.382. The van der Waals surface area contributed by atoms with Crippen molar-refractivity contribution in [2.75, 3.05) is 5.32 Å². The predicted molar refractivity (Wildman–Crippen MR) is 113 cm³/mol. The fourth-order valence-electron chi connectivity index (χ4n) is 3.36. The number of amides is 1. The molecule has 3 aromatic carbocycles. The van der Waals surface area contributed by atoms with Gasteiger partial charge in [0.2, 0.25) is 5.91 Å². The zero-order valence-electron chi connectivity index (χ0n) is 16.3. The maximum Gasteiger partial charge on any atom is 0.300 e. The summed E-state index contributed by atoms with van der Waals surface area (Å²) in [6.45, 7) is 6.14. The van der Waals surface area contributed by atoms with Gasteiger partial charge < -0.3 is 5.32 Å². The van der Waals surface area contributed by atoms with Crippen molar-refractivity contribution in [1.82, 2.24) is 0 Å². The van der Waals surface area contributed by atoms with E-state index in [0.29, 0.717) is 11.3 Å². The highest BCUT2D eigenvalue weighted by molar-refractivity contribution is 6.03. The lowest BCUT2D eigenvalue weighted by atomic mass is 9.96. The standard InChI is InChI=1S/C23H24N2O3/c1-15(2)14-17-8-10-18(11-9-17)16(3)23(26)24-21-13-12-19-6-4-5-7-20(19)22(21)25(27)28/h4-13,15-16H,14H2,1-3H3,(H,24,26). The van der Waals surface area contributed by atoms with E-state index in [1.54, 1.807) is 31.2 Å². The molecule has 0 saturated carbocycles. The Kier molecular flexibility index (Phi) is 5.73. The van der Waals surface area contributed by atoms with E-state index in [1.807, 2.05) is 36.4 Å². The Labute approximate surface area is 164 Å². The highest BCUT2D eigenvalue weighted by atomic mass is 16.6. The fourth-order valence-corrected chi connectivity index (χ4v) is 3.36. The molecule has 0 aliphatic heterocycles. The molecule has 0 saturated heterocycles. The van der Waals surface area contributed by atoms with Gasteiger partial charge in [0, 0.05) is 0 Å². The van der Waals surface area contributed by atoms with Crippen molar-refractivity contribution < 1.29 is 9.72 Å². The molecule has 0 heterocycles. The lowest BCUT2D eigenvalue weighted by Crippen LogP contribution is -2.19. The summed E-state index contributed by atoms with van der Waals surface area (Å²) in [5, 5.41) is 15.7. The molecule has 3 rings (SSSR count). The minimum Gasteiger partial charge on any atom is -0.320 e. The summed E-state index contributed by atoms with van der Waals surface area (Å²) in [6.07, 6.45) is 0.990. The average Bonchev–Trinajstić information content (AvgIpc) is 2.67. The molecule has 28 heavy (non-hydrogen) atoms. The Morgan fingerprint density at radius 3 is 2.32 bits per heavy atom. The van der Waals surface area contributed by atoms with Crippen molar-refractivity contribution in [3.63, 3.8) is 0 Å². The number of fused-ring (bicyclic) bond motifs is 1. The molecule has 0 aliphatic rings. The monoisotopic (exact) mass is 376 g/mol. The molecule has 5 heteroatoms. The summed E-state index contributed by atoms with van der Waals surface area (Å²) < 4.78 is 0. The van der Waals surface area contributed by atoms with Gasteiger partial charge in [0.05, 0.1) is 16.2 Å². The van der Waals surface area contributed by atoms with Crippen LogP contribution in [-0.2, 0) is 11.2 Å². The molecule has 1 unspecified atom stereocenters. The Balaban J connectivity index is 1.84. The highest BCUT2D eigenvalue weighted by Gasteiger charge is 2.22. The van der Waals surface area contributed by atoms with Crippen molar-refractivity contribution in [1.29, 1.82) is 0 Å². The normalized spacial score (nSPS) is 12.1. The number of nitrogens with one attached hydrogen (secondary N) is 1. The van der Waals surface area contributed by atoms with E-state index < -0.39 is 10.8 Å². The van der Waals surface area contributed by atoms with E-state index in [2.05, 4.69) is 19.2 Å². The molecule has 3 aromatic rings. The number of rotatable bonds is 6. The molecule has 1 atom stereocenters. The van der Waals surface area contributed by atoms with Crippen LogP contribution in [-0.4, -0.2) is 10.8 Å². The number of hydrogen-bond donors (Lipinski definition) is 1. The van der Waals surface area contributed by atoms with E-state index in [9.17, 15) is 14.9 Å². The molecule has 1 N–H and O–H groups in total. The molecule has 0 spiro atoms. The topological polar surface area (TPSA) is 72.2 Å². The zero-order valence-corrected chi connectivity index (χ0v) is 16.3. The molecule has 0 radical (unpaired) electrons. The van der Waals surface area contributed by atoms with Gasteiger partial charge in [-0.1, -0.05) is 62.4 Å². The number of nitro benzene ring substituents is 1. The van der Waals surface area contributed by atoms with Gasteiger partial charge in [-0.3, -0.25) is 14.9 Å². The van der Waals surface area contributed by atoms with Gasteiger partial charge in [0.15, 0.2) is 0 Å². The fraction of sp³-hybridized carbons (Fsp3) is 0.261. The molecule has 0 fully saturated rings. The molecule has 1 amide bonds. The first-order valence-corrected chi connectivity index (χ1v) is 9.42. The largest absolute Gasteiger partial charge is 0.320 e. The predicted octanol–water partition coefficient (Wildman–Crippen LogP) is 5.69. The average molecular weight is 376 g/mol. The molecular weight excluding hydrogens is 352 g/mol. The maximum absolute atomic E-state index is 12.8. The van der Waals surface area contributed by atoms with Gasteiger partial charge in [0.1, 0.15) is 5.69 Å². The number of benzene rings is 3. The maximum atomic E-state index is 12.8. The van der Waals surface area contributed by atoms with Gasteiger partial charge in [-0.15, -0.1) is 0 Å². The quantitative estimate of drug-likeness (QED) is 0.444. The third-order valence-corrected chi connectivity index (χ3v) is 4.86. The number of nitrogens with zero attached hydrogens (tertiary/aromatic N) is 1. The number of anilines is 1. The van der Waals surface area contributed by atoms with Gasteiger partial charge in [0.25, 0.3) is 5.69 Å². The van der Waals surface area contributed by atoms with Crippen molar-refractivity contribution in [2.45, 2.75) is 33.1 Å². The van der Waals surface area contributed by atoms with Gasteiger partial charge in [-0.2, -0.15) is 0 Å². The Morgan fingerprint density at radius 2 is 1.68 bits per heavy atom. The third-order valence-electron chi connectivity index (χ3n) is 4.86. The Morgan fingerprint density at radius 1 is 1.00 bits per heavy atom. The Hall–Kier alpha value is -3.21. The summed E-state index contributed by atoms with van der Waals surface area (Å²) in [5.41, 5.74) is 2.26. The molecule has 144 valence electrons. The van der Waals surface area contributed by atoms with E-state index in [4.69, 9.17) is 0 Å². The van der Waals surface area contributed by atoms with Crippen LogP contribution in [0.1, 0.15) is 37.8 Å². The highest BCUT2D eigenvalue weighted by Crippen LogP contribution is 2.34. The van der Waals surface area contributed by atoms with Gasteiger partial charge in [-0.25, -0.2) is 0 Å². The second-order valence-corrected chi connectivity index (χ2v) is 7.49. The first-order valence-electron chi connectivity index (χ1n) is 9.42. The second-order valence-electron chi connectivity index (χ2n) is 7.49.